The minimum atomic E-state index is -0.0926. The molecule has 2 saturated heterocycles. The molecule has 0 bridgehead atoms. The molecule has 3 amide bonds. The molecule has 1 aromatic rings. The Morgan fingerprint density at radius 2 is 2.04 bits per heavy atom. The largest absolute Gasteiger partial charge is 0.338 e. The normalized spacial score (nSPS) is 25.2. The van der Waals surface area contributed by atoms with Gasteiger partial charge >= 0.3 is 6.03 Å². The van der Waals surface area contributed by atoms with Gasteiger partial charge in [0, 0.05) is 49.5 Å². The predicted molar refractivity (Wildman–Crippen MR) is 89.8 cm³/mol. The van der Waals surface area contributed by atoms with E-state index in [2.05, 4.69) is 24.5 Å². The summed E-state index contributed by atoms with van der Waals surface area (Å²) in [5.41, 5.74) is 1.42. The first kappa shape index (κ1) is 15.8. The molecule has 6 heteroatoms. The van der Waals surface area contributed by atoms with Crippen LogP contribution in [-0.4, -0.2) is 55.1 Å². The molecule has 124 valence electrons. The van der Waals surface area contributed by atoms with Gasteiger partial charge in [0.2, 0.25) is 0 Å². The minimum Gasteiger partial charge on any atom is -0.338 e. The van der Waals surface area contributed by atoms with Crippen LogP contribution in [0.3, 0.4) is 0 Å². The van der Waals surface area contributed by atoms with Crippen molar-refractivity contribution >= 4 is 17.6 Å². The summed E-state index contributed by atoms with van der Waals surface area (Å²) in [4.78, 5) is 28.4. The number of carbonyl (C=O) groups is 2. The van der Waals surface area contributed by atoms with Crippen LogP contribution in [0.15, 0.2) is 24.3 Å². The monoisotopic (exact) mass is 316 g/mol. The van der Waals surface area contributed by atoms with E-state index in [1.54, 1.807) is 4.90 Å². The second kappa shape index (κ2) is 6.58. The van der Waals surface area contributed by atoms with Crippen molar-refractivity contribution in [1.29, 1.82) is 0 Å². The second-order valence-electron chi connectivity index (χ2n) is 6.27. The van der Waals surface area contributed by atoms with Crippen molar-refractivity contribution in [2.24, 2.45) is 0 Å². The second-order valence-corrected chi connectivity index (χ2v) is 6.27. The van der Waals surface area contributed by atoms with E-state index in [4.69, 9.17) is 0 Å². The fourth-order valence-electron chi connectivity index (χ4n) is 3.19. The summed E-state index contributed by atoms with van der Waals surface area (Å²) < 4.78 is 0. The number of hydrogen-bond acceptors (Lipinski definition) is 3. The van der Waals surface area contributed by atoms with Crippen LogP contribution in [-0.2, 0) is 0 Å². The van der Waals surface area contributed by atoms with Crippen LogP contribution in [0, 0.1) is 0 Å². The Balaban J connectivity index is 1.81. The van der Waals surface area contributed by atoms with Gasteiger partial charge in [-0.25, -0.2) is 4.79 Å². The van der Waals surface area contributed by atoms with E-state index < -0.39 is 0 Å². The number of piperazine rings is 1. The highest BCUT2D eigenvalue weighted by Gasteiger charge is 2.29. The van der Waals surface area contributed by atoms with Crippen LogP contribution in [0.2, 0.25) is 0 Å². The lowest BCUT2D eigenvalue weighted by Gasteiger charge is -2.38. The van der Waals surface area contributed by atoms with E-state index in [0.29, 0.717) is 25.2 Å². The molecule has 1 aromatic carbocycles. The molecule has 2 fully saturated rings. The van der Waals surface area contributed by atoms with Gasteiger partial charge in [-0.1, -0.05) is 6.07 Å². The third-order valence-electron chi connectivity index (χ3n) is 4.78. The average Bonchev–Trinajstić information content (AvgIpc) is 2.57. The van der Waals surface area contributed by atoms with Crippen LogP contribution in [0.25, 0.3) is 0 Å². The first-order valence-electron chi connectivity index (χ1n) is 8.27. The molecule has 0 saturated carbocycles. The standard InChI is InChI=1S/C17H24N4O2/c1-12-13(2)20(10-8-18-12)16(22)14-5-3-6-15(11-14)21-9-4-7-19-17(21)23/h3,5-6,11-13,18H,4,7-10H2,1-2H3,(H,19,23). The summed E-state index contributed by atoms with van der Waals surface area (Å²) in [5.74, 6) is 0.0325. The van der Waals surface area contributed by atoms with Crippen molar-refractivity contribution in [1.82, 2.24) is 15.5 Å². The van der Waals surface area contributed by atoms with Crippen molar-refractivity contribution in [2.45, 2.75) is 32.4 Å². The van der Waals surface area contributed by atoms with Gasteiger partial charge in [-0.15, -0.1) is 0 Å². The van der Waals surface area contributed by atoms with Gasteiger partial charge in [0.1, 0.15) is 0 Å². The number of urea groups is 1. The molecule has 6 nitrogen and oxygen atoms in total. The molecule has 2 heterocycles. The molecule has 2 N–H and O–H groups in total. The van der Waals surface area contributed by atoms with Crippen molar-refractivity contribution in [3.05, 3.63) is 29.8 Å². The lowest BCUT2D eigenvalue weighted by molar-refractivity contribution is 0.0603. The Morgan fingerprint density at radius 1 is 1.22 bits per heavy atom. The molecule has 0 spiro atoms. The summed E-state index contributed by atoms with van der Waals surface area (Å²) in [6.45, 7) is 7.08. The topological polar surface area (TPSA) is 64.7 Å². The zero-order chi connectivity index (χ0) is 16.4. The smallest absolute Gasteiger partial charge is 0.321 e. The van der Waals surface area contributed by atoms with E-state index in [-0.39, 0.29) is 24.0 Å². The Kier molecular flexibility index (Phi) is 4.52. The Morgan fingerprint density at radius 3 is 2.83 bits per heavy atom. The lowest BCUT2D eigenvalue weighted by atomic mass is 10.0. The van der Waals surface area contributed by atoms with E-state index in [1.165, 1.54) is 0 Å². The highest BCUT2D eigenvalue weighted by atomic mass is 16.2. The quantitative estimate of drug-likeness (QED) is 0.867. The van der Waals surface area contributed by atoms with E-state index in [1.807, 2.05) is 29.2 Å². The zero-order valence-corrected chi connectivity index (χ0v) is 13.7. The van der Waals surface area contributed by atoms with Gasteiger partial charge < -0.3 is 15.5 Å². The number of anilines is 1. The molecular weight excluding hydrogens is 292 g/mol. The zero-order valence-electron chi connectivity index (χ0n) is 13.7. The lowest BCUT2D eigenvalue weighted by Crippen LogP contribution is -2.57. The van der Waals surface area contributed by atoms with Crippen LogP contribution in [0.5, 0.6) is 0 Å². The number of nitrogens with zero attached hydrogens (tertiary/aromatic N) is 2. The summed E-state index contributed by atoms with van der Waals surface area (Å²) in [6.07, 6.45) is 0.913. The minimum absolute atomic E-state index is 0.0325. The van der Waals surface area contributed by atoms with Crippen molar-refractivity contribution in [3.8, 4) is 0 Å². The van der Waals surface area contributed by atoms with Crippen LogP contribution < -0.4 is 15.5 Å². The number of hydrogen-bond donors (Lipinski definition) is 2. The van der Waals surface area contributed by atoms with Crippen LogP contribution in [0.1, 0.15) is 30.6 Å². The van der Waals surface area contributed by atoms with Gasteiger partial charge in [0.15, 0.2) is 0 Å². The molecular formula is C17H24N4O2. The fourth-order valence-corrected chi connectivity index (χ4v) is 3.19. The van der Waals surface area contributed by atoms with Gasteiger partial charge in [0.25, 0.3) is 5.91 Å². The maximum atomic E-state index is 12.9. The Labute approximate surface area is 136 Å². The van der Waals surface area contributed by atoms with E-state index in [9.17, 15) is 9.59 Å². The summed E-state index contributed by atoms with van der Waals surface area (Å²) >= 11 is 0. The van der Waals surface area contributed by atoms with Gasteiger partial charge in [-0.3, -0.25) is 9.69 Å². The molecule has 0 aliphatic carbocycles. The third-order valence-corrected chi connectivity index (χ3v) is 4.78. The molecule has 3 rings (SSSR count). The van der Waals surface area contributed by atoms with Gasteiger partial charge in [-0.05, 0) is 38.5 Å². The SMILES string of the molecule is CC1NCCN(C(=O)c2cccc(N3CCCNC3=O)c2)C1C. The van der Waals surface area contributed by atoms with Crippen molar-refractivity contribution < 1.29 is 9.59 Å². The summed E-state index contributed by atoms with van der Waals surface area (Å²) in [5, 5.41) is 6.22. The molecule has 2 aliphatic rings. The maximum absolute atomic E-state index is 12.9. The molecule has 2 unspecified atom stereocenters. The Hall–Kier alpha value is -2.08. The Bertz CT molecular complexity index is 604. The molecule has 2 aliphatic heterocycles. The molecule has 0 aromatic heterocycles. The maximum Gasteiger partial charge on any atom is 0.321 e. The average molecular weight is 316 g/mol. The number of benzene rings is 1. The van der Waals surface area contributed by atoms with Crippen molar-refractivity contribution in [3.63, 3.8) is 0 Å². The van der Waals surface area contributed by atoms with E-state index in [0.717, 1.165) is 18.7 Å². The number of rotatable bonds is 2. The fraction of sp³-hybridized carbons (Fsp3) is 0.529. The summed E-state index contributed by atoms with van der Waals surface area (Å²) in [6, 6.07) is 7.72. The number of carbonyl (C=O) groups excluding carboxylic acids is 2. The highest BCUT2D eigenvalue weighted by Crippen LogP contribution is 2.21. The van der Waals surface area contributed by atoms with Gasteiger partial charge in [0.05, 0.1) is 0 Å². The van der Waals surface area contributed by atoms with Crippen molar-refractivity contribution in [2.75, 3.05) is 31.1 Å². The highest BCUT2D eigenvalue weighted by molar-refractivity contribution is 5.98. The van der Waals surface area contributed by atoms with Crippen LogP contribution >= 0.6 is 0 Å². The molecule has 0 radical (unpaired) electrons. The molecule has 23 heavy (non-hydrogen) atoms. The molecule has 2 atom stereocenters. The number of nitrogens with one attached hydrogen (secondary N) is 2. The van der Waals surface area contributed by atoms with E-state index >= 15 is 0 Å². The summed E-state index contributed by atoms with van der Waals surface area (Å²) in [7, 11) is 0. The number of amides is 3. The third kappa shape index (κ3) is 3.17. The first-order chi connectivity index (χ1) is 11.1. The van der Waals surface area contributed by atoms with Gasteiger partial charge in [-0.2, -0.15) is 0 Å². The first-order valence-corrected chi connectivity index (χ1v) is 8.27. The predicted octanol–water partition coefficient (Wildman–Crippen LogP) is 1.43. The van der Waals surface area contributed by atoms with Crippen LogP contribution in [0.4, 0.5) is 10.5 Å².